The summed E-state index contributed by atoms with van der Waals surface area (Å²) in [6.45, 7) is 0. The summed E-state index contributed by atoms with van der Waals surface area (Å²) in [5.41, 5.74) is 0.369. The van der Waals surface area contributed by atoms with Crippen LogP contribution >= 0.6 is 11.8 Å². The number of H-pyrrole nitrogens is 1. The van der Waals surface area contributed by atoms with Gasteiger partial charge in [-0.05, 0) is 18.4 Å². The van der Waals surface area contributed by atoms with Gasteiger partial charge in [-0.3, -0.25) is 5.32 Å². The molecule has 0 amide bonds. The number of imidazole rings is 1. The van der Waals surface area contributed by atoms with Crippen LogP contribution in [0.2, 0.25) is 0 Å². The second-order valence-corrected chi connectivity index (χ2v) is 5.95. The molecule has 1 atom stereocenters. The Kier molecular flexibility index (Phi) is 3.77. The van der Waals surface area contributed by atoms with E-state index in [1.807, 2.05) is 30.3 Å². The summed E-state index contributed by atoms with van der Waals surface area (Å²) in [5, 5.41) is 14.1. The normalized spacial score (nSPS) is 17.4. The number of aromatic nitrogens is 2. The maximum atomic E-state index is 9.78. The first-order valence-corrected chi connectivity index (χ1v) is 7.68. The maximum Gasteiger partial charge on any atom is 0.165 e. The van der Waals surface area contributed by atoms with E-state index in [2.05, 4.69) is 21.4 Å². The van der Waals surface area contributed by atoms with Crippen molar-refractivity contribution in [3.05, 3.63) is 48.3 Å². The smallest absolute Gasteiger partial charge is 0.165 e. The zero-order valence-corrected chi connectivity index (χ0v) is 11.9. The van der Waals surface area contributed by atoms with Gasteiger partial charge in [-0.1, -0.05) is 42.1 Å². The zero-order valence-electron chi connectivity index (χ0n) is 11.0. The van der Waals surface area contributed by atoms with Gasteiger partial charge in [0, 0.05) is 24.2 Å². The lowest BCUT2D eigenvalue weighted by Crippen LogP contribution is -2.44. The minimum Gasteiger partial charge on any atom is -0.340 e. The number of nitrogens with zero attached hydrogens (tertiary/aromatic N) is 2. The zero-order chi connectivity index (χ0) is 13.8. The summed E-state index contributed by atoms with van der Waals surface area (Å²) in [4.78, 5) is 7.28. The Morgan fingerprint density at radius 2 is 2.20 bits per heavy atom. The Balaban J connectivity index is 1.83. The van der Waals surface area contributed by atoms with E-state index in [-0.39, 0.29) is 0 Å². The summed E-state index contributed by atoms with van der Waals surface area (Å²) < 4.78 is 0. The molecule has 1 aliphatic rings. The van der Waals surface area contributed by atoms with Crippen molar-refractivity contribution < 1.29 is 0 Å². The number of hydrogen-bond acceptors (Lipinski definition) is 4. The first-order chi connectivity index (χ1) is 9.82. The fraction of sp³-hybridized carbons (Fsp3) is 0.333. The second kappa shape index (κ2) is 5.70. The van der Waals surface area contributed by atoms with Gasteiger partial charge in [-0.25, -0.2) is 4.98 Å². The lowest BCUT2D eigenvalue weighted by molar-refractivity contribution is 0.470. The molecule has 5 heteroatoms. The average molecular weight is 284 g/mol. The molecule has 3 rings (SSSR count). The Hall–Kier alpha value is -1.77. The van der Waals surface area contributed by atoms with Crippen LogP contribution in [0.3, 0.4) is 0 Å². The average Bonchev–Trinajstić information content (AvgIpc) is 3.16. The first kappa shape index (κ1) is 13.2. The van der Waals surface area contributed by atoms with Gasteiger partial charge in [0.25, 0.3) is 0 Å². The molecule has 1 aromatic heterocycles. The first-order valence-electron chi connectivity index (χ1n) is 6.69. The number of rotatable bonds is 6. The van der Waals surface area contributed by atoms with Crippen LogP contribution < -0.4 is 5.32 Å². The van der Waals surface area contributed by atoms with Crippen LogP contribution in [0.4, 0.5) is 0 Å². The molecular weight excluding hydrogens is 268 g/mol. The molecule has 1 aromatic carbocycles. The van der Waals surface area contributed by atoms with Crippen LogP contribution in [-0.2, 0) is 5.54 Å². The highest BCUT2D eigenvalue weighted by atomic mass is 32.2. The Morgan fingerprint density at radius 1 is 1.40 bits per heavy atom. The van der Waals surface area contributed by atoms with Crippen molar-refractivity contribution in [3.63, 3.8) is 0 Å². The van der Waals surface area contributed by atoms with Crippen LogP contribution in [0.15, 0.2) is 47.9 Å². The van der Waals surface area contributed by atoms with Gasteiger partial charge in [0.05, 0.1) is 6.07 Å². The molecule has 1 fully saturated rings. The van der Waals surface area contributed by atoms with Gasteiger partial charge >= 0.3 is 0 Å². The van der Waals surface area contributed by atoms with Crippen LogP contribution in [0, 0.1) is 11.3 Å². The number of nitriles is 1. The molecule has 4 nitrogen and oxygen atoms in total. The summed E-state index contributed by atoms with van der Waals surface area (Å²) in [5.74, 6) is 0.636. The van der Waals surface area contributed by atoms with E-state index >= 15 is 0 Å². The third kappa shape index (κ3) is 2.87. The molecule has 1 unspecified atom stereocenters. The summed E-state index contributed by atoms with van der Waals surface area (Å²) >= 11 is 1.57. The Morgan fingerprint density at radius 3 is 2.80 bits per heavy atom. The van der Waals surface area contributed by atoms with Crippen molar-refractivity contribution in [3.8, 4) is 6.07 Å². The summed E-state index contributed by atoms with van der Waals surface area (Å²) in [7, 11) is 0. The molecule has 20 heavy (non-hydrogen) atoms. The highest BCUT2D eigenvalue weighted by molar-refractivity contribution is 7.99. The predicted molar refractivity (Wildman–Crippen MR) is 79.2 cm³/mol. The SMILES string of the molecule is N#CC(CSc1ncc[nH]1)(NC1CC1)c1ccccc1. The van der Waals surface area contributed by atoms with Crippen molar-refractivity contribution in [2.75, 3.05) is 5.75 Å². The summed E-state index contributed by atoms with van der Waals surface area (Å²) in [6.07, 6.45) is 5.84. The molecule has 0 radical (unpaired) electrons. The predicted octanol–water partition coefficient (Wildman–Crippen LogP) is 2.67. The van der Waals surface area contributed by atoms with Crippen molar-refractivity contribution >= 4 is 11.8 Å². The molecule has 102 valence electrons. The third-order valence-corrected chi connectivity index (χ3v) is 4.46. The number of aromatic amines is 1. The Labute approximate surface area is 122 Å². The van der Waals surface area contributed by atoms with Gasteiger partial charge in [0.15, 0.2) is 5.16 Å². The molecule has 0 spiro atoms. The molecule has 2 N–H and O–H groups in total. The topological polar surface area (TPSA) is 64.5 Å². The number of thioether (sulfide) groups is 1. The lowest BCUT2D eigenvalue weighted by Gasteiger charge is -2.28. The van der Waals surface area contributed by atoms with Gasteiger partial charge in [-0.15, -0.1) is 0 Å². The van der Waals surface area contributed by atoms with Crippen molar-refractivity contribution in [1.29, 1.82) is 5.26 Å². The minimum atomic E-state index is -0.653. The highest BCUT2D eigenvalue weighted by Gasteiger charge is 2.38. The highest BCUT2D eigenvalue weighted by Crippen LogP contribution is 2.32. The molecule has 0 aliphatic heterocycles. The molecule has 0 bridgehead atoms. The molecule has 0 saturated heterocycles. The van der Waals surface area contributed by atoms with Crippen molar-refractivity contribution in [2.24, 2.45) is 0 Å². The van der Waals surface area contributed by atoms with Gasteiger partial charge in [0.2, 0.25) is 0 Å². The van der Waals surface area contributed by atoms with Crippen molar-refractivity contribution in [2.45, 2.75) is 29.6 Å². The lowest BCUT2D eigenvalue weighted by atomic mass is 9.93. The molecular formula is C15H16N4S. The molecule has 1 saturated carbocycles. The van der Waals surface area contributed by atoms with Crippen molar-refractivity contribution in [1.82, 2.24) is 15.3 Å². The van der Waals surface area contributed by atoms with E-state index in [9.17, 15) is 5.26 Å². The largest absolute Gasteiger partial charge is 0.340 e. The molecule has 1 aliphatic carbocycles. The van der Waals surface area contributed by atoms with E-state index < -0.39 is 5.54 Å². The number of hydrogen-bond donors (Lipinski definition) is 2. The van der Waals surface area contributed by atoms with Crippen LogP contribution in [0.1, 0.15) is 18.4 Å². The maximum absolute atomic E-state index is 9.78. The van der Waals surface area contributed by atoms with Crippen LogP contribution in [-0.4, -0.2) is 21.8 Å². The third-order valence-electron chi connectivity index (χ3n) is 3.38. The van der Waals surface area contributed by atoms with E-state index in [1.165, 1.54) is 0 Å². The summed E-state index contributed by atoms with van der Waals surface area (Å²) in [6, 6.07) is 12.9. The second-order valence-electron chi connectivity index (χ2n) is 4.98. The fourth-order valence-electron chi connectivity index (χ4n) is 2.14. The number of benzene rings is 1. The number of nitrogens with one attached hydrogen (secondary N) is 2. The van der Waals surface area contributed by atoms with Crippen LogP contribution in [0.25, 0.3) is 0 Å². The van der Waals surface area contributed by atoms with Gasteiger partial charge in [0.1, 0.15) is 5.54 Å². The van der Waals surface area contributed by atoms with E-state index in [4.69, 9.17) is 0 Å². The monoisotopic (exact) mass is 284 g/mol. The van der Waals surface area contributed by atoms with E-state index in [0.717, 1.165) is 23.6 Å². The molecule has 1 heterocycles. The quantitative estimate of drug-likeness (QED) is 0.800. The minimum absolute atomic E-state index is 0.465. The van der Waals surface area contributed by atoms with E-state index in [1.54, 1.807) is 24.2 Å². The molecule has 2 aromatic rings. The Bertz CT molecular complexity index is 586. The fourth-order valence-corrected chi connectivity index (χ4v) is 3.10. The van der Waals surface area contributed by atoms with Gasteiger partial charge < -0.3 is 4.98 Å². The van der Waals surface area contributed by atoms with Gasteiger partial charge in [-0.2, -0.15) is 5.26 Å². The standard InChI is InChI=1S/C15H16N4S/c16-10-15(19-13-6-7-13,12-4-2-1-3-5-12)11-20-14-17-8-9-18-14/h1-5,8-9,13,19H,6-7,11H2,(H,17,18). The van der Waals surface area contributed by atoms with Crippen LogP contribution in [0.5, 0.6) is 0 Å². The van der Waals surface area contributed by atoms with E-state index in [0.29, 0.717) is 11.8 Å².